The molecule has 4 nitrogen and oxygen atoms in total. The summed E-state index contributed by atoms with van der Waals surface area (Å²) in [6.07, 6.45) is 0.953. The molecule has 1 aromatic rings. The summed E-state index contributed by atoms with van der Waals surface area (Å²) in [6.45, 7) is 0. The summed E-state index contributed by atoms with van der Waals surface area (Å²) in [7, 11) is 2.99. The van der Waals surface area contributed by atoms with Crippen molar-refractivity contribution in [2.75, 3.05) is 14.2 Å². The van der Waals surface area contributed by atoms with Gasteiger partial charge >= 0.3 is 5.97 Å². The minimum Gasteiger partial charge on any atom is -0.496 e. The van der Waals surface area contributed by atoms with Crippen LogP contribution in [0.15, 0.2) is 28.8 Å². The zero-order chi connectivity index (χ0) is 12.8. The third-order valence-corrected chi connectivity index (χ3v) is 1.99. The molecule has 6 heteroatoms. The predicted molar refractivity (Wildman–Crippen MR) is 65.0 cm³/mol. The molecule has 0 bridgehead atoms. The van der Waals surface area contributed by atoms with Gasteiger partial charge in [-0.3, -0.25) is 0 Å². The van der Waals surface area contributed by atoms with E-state index in [0.717, 1.165) is 6.08 Å². The number of hydrogen-bond acceptors (Lipinski definition) is 4. The molecule has 0 N–H and O–H groups in total. The molecule has 1 aromatic carbocycles. The highest BCUT2D eigenvalue weighted by atomic mass is 35.5. The summed E-state index contributed by atoms with van der Waals surface area (Å²) < 4.78 is 14.8. The van der Waals surface area contributed by atoms with Gasteiger partial charge in [0.25, 0.3) is 0 Å². The maximum Gasteiger partial charge on any atom is 0.338 e. The standard InChI is InChI=1S/C11H10Cl2O4/c1-15-7-3-8(16-2)5-9(4-7)17-11(14)6-10(12)13/h3-6H,1-2H3. The highest BCUT2D eigenvalue weighted by Crippen LogP contribution is 2.27. The fourth-order valence-electron chi connectivity index (χ4n) is 1.07. The maximum absolute atomic E-state index is 11.3. The van der Waals surface area contributed by atoms with Crippen LogP contribution in [0.5, 0.6) is 17.2 Å². The molecule has 0 radical (unpaired) electrons. The average molecular weight is 277 g/mol. The van der Waals surface area contributed by atoms with Crippen LogP contribution in [0, 0.1) is 0 Å². The fourth-order valence-corrected chi connectivity index (χ4v) is 1.25. The Balaban J connectivity index is 2.90. The number of benzene rings is 1. The second-order valence-electron chi connectivity index (χ2n) is 2.90. The lowest BCUT2D eigenvalue weighted by Gasteiger charge is -2.07. The smallest absolute Gasteiger partial charge is 0.338 e. The van der Waals surface area contributed by atoms with Crippen LogP contribution < -0.4 is 14.2 Å². The van der Waals surface area contributed by atoms with Crippen LogP contribution in [0.3, 0.4) is 0 Å². The second-order valence-corrected chi connectivity index (χ2v) is 3.91. The SMILES string of the molecule is COc1cc(OC)cc(OC(=O)C=C(Cl)Cl)c1. The van der Waals surface area contributed by atoms with Gasteiger partial charge in [0.2, 0.25) is 0 Å². The molecule has 17 heavy (non-hydrogen) atoms. The number of rotatable bonds is 4. The van der Waals surface area contributed by atoms with E-state index < -0.39 is 5.97 Å². The molecule has 0 atom stereocenters. The normalized spacial score (nSPS) is 9.41. The van der Waals surface area contributed by atoms with Crippen molar-refractivity contribution in [3.8, 4) is 17.2 Å². The topological polar surface area (TPSA) is 44.8 Å². The summed E-state index contributed by atoms with van der Waals surface area (Å²) in [5, 5.41) is 0. The zero-order valence-corrected chi connectivity index (χ0v) is 10.7. The van der Waals surface area contributed by atoms with Crippen molar-refractivity contribution in [1.82, 2.24) is 0 Å². The Labute approximate surface area is 109 Å². The Morgan fingerprint density at radius 2 is 1.53 bits per heavy atom. The molecule has 0 saturated carbocycles. The first-order valence-corrected chi connectivity index (χ1v) is 5.28. The second kappa shape index (κ2) is 6.37. The van der Waals surface area contributed by atoms with Gasteiger partial charge in [0.05, 0.1) is 20.3 Å². The van der Waals surface area contributed by atoms with Crippen LogP contribution in [0.4, 0.5) is 0 Å². The van der Waals surface area contributed by atoms with Crippen molar-refractivity contribution < 1.29 is 19.0 Å². The van der Waals surface area contributed by atoms with Gasteiger partial charge in [0, 0.05) is 18.2 Å². The van der Waals surface area contributed by atoms with Gasteiger partial charge in [0.15, 0.2) is 0 Å². The minimum absolute atomic E-state index is 0.176. The van der Waals surface area contributed by atoms with E-state index in [-0.39, 0.29) is 10.2 Å². The summed E-state index contributed by atoms with van der Waals surface area (Å²) >= 11 is 10.7. The molecule has 0 aliphatic carbocycles. The van der Waals surface area contributed by atoms with Gasteiger partial charge in [-0.05, 0) is 0 Å². The fraction of sp³-hybridized carbons (Fsp3) is 0.182. The van der Waals surface area contributed by atoms with E-state index in [9.17, 15) is 4.79 Å². The molecular formula is C11H10Cl2O4. The van der Waals surface area contributed by atoms with E-state index in [4.69, 9.17) is 37.4 Å². The van der Waals surface area contributed by atoms with Crippen LogP contribution in [0.25, 0.3) is 0 Å². The van der Waals surface area contributed by atoms with E-state index in [1.165, 1.54) is 26.4 Å². The molecule has 0 saturated heterocycles. The maximum atomic E-state index is 11.3. The largest absolute Gasteiger partial charge is 0.496 e. The number of carbonyl (C=O) groups is 1. The molecule has 0 fully saturated rings. The van der Waals surface area contributed by atoms with E-state index in [1.807, 2.05) is 0 Å². The summed E-state index contributed by atoms with van der Waals surface area (Å²) in [4.78, 5) is 11.3. The van der Waals surface area contributed by atoms with Gasteiger partial charge in [-0.25, -0.2) is 4.79 Å². The quantitative estimate of drug-likeness (QED) is 0.482. The van der Waals surface area contributed by atoms with Crippen molar-refractivity contribution in [2.45, 2.75) is 0 Å². The summed E-state index contributed by atoms with van der Waals surface area (Å²) in [5.41, 5.74) is 0. The molecule has 0 heterocycles. The third kappa shape index (κ3) is 4.54. The molecule has 92 valence electrons. The summed E-state index contributed by atoms with van der Waals surface area (Å²) in [6, 6.07) is 4.73. The van der Waals surface area contributed by atoms with Gasteiger partial charge < -0.3 is 14.2 Å². The number of halogens is 2. The van der Waals surface area contributed by atoms with Crippen LogP contribution >= 0.6 is 23.2 Å². The van der Waals surface area contributed by atoms with Crippen molar-refractivity contribution in [3.63, 3.8) is 0 Å². The van der Waals surface area contributed by atoms with Crippen LogP contribution in [-0.2, 0) is 4.79 Å². The Morgan fingerprint density at radius 3 is 1.94 bits per heavy atom. The molecule has 0 aliphatic heterocycles. The van der Waals surface area contributed by atoms with E-state index in [0.29, 0.717) is 11.5 Å². The Bertz CT molecular complexity index is 417. The third-order valence-electron chi connectivity index (χ3n) is 1.77. The highest BCUT2D eigenvalue weighted by Gasteiger charge is 2.06. The number of ether oxygens (including phenoxy) is 3. The van der Waals surface area contributed by atoms with E-state index >= 15 is 0 Å². The Kier molecular flexibility index (Phi) is 5.12. The first-order chi connectivity index (χ1) is 8.05. The summed E-state index contributed by atoms with van der Waals surface area (Å²) in [5.74, 6) is 0.610. The van der Waals surface area contributed by atoms with Crippen molar-refractivity contribution in [2.24, 2.45) is 0 Å². The minimum atomic E-state index is -0.680. The highest BCUT2D eigenvalue weighted by molar-refractivity contribution is 6.56. The Hall–Kier alpha value is -1.39. The molecular weight excluding hydrogens is 267 g/mol. The Morgan fingerprint density at radius 1 is 1.06 bits per heavy atom. The molecule has 0 spiro atoms. The lowest BCUT2D eigenvalue weighted by atomic mass is 10.3. The van der Waals surface area contributed by atoms with Crippen LogP contribution in [-0.4, -0.2) is 20.2 Å². The zero-order valence-electron chi connectivity index (χ0n) is 9.20. The first kappa shape index (κ1) is 13.7. The predicted octanol–water partition coefficient (Wildman–Crippen LogP) is 2.93. The van der Waals surface area contributed by atoms with Crippen molar-refractivity contribution in [1.29, 1.82) is 0 Å². The molecule has 0 aromatic heterocycles. The number of esters is 1. The number of methoxy groups -OCH3 is 2. The molecule has 0 unspecified atom stereocenters. The molecule has 0 aliphatic rings. The van der Waals surface area contributed by atoms with Gasteiger partial charge in [-0.2, -0.15) is 0 Å². The van der Waals surface area contributed by atoms with E-state index in [1.54, 1.807) is 6.07 Å². The molecule has 1 rings (SSSR count). The van der Waals surface area contributed by atoms with Crippen molar-refractivity contribution >= 4 is 29.2 Å². The monoisotopic (exact) mass is 276 g/mol. The van der Waals surface area contributed by atoms with Gasteiger partial charge in [-0.15, -0.1) is 0 Å². The molecule has 0 amide bonds. The average Bonchev–Trinajstić information content (AvgIpc) is 2.27. The van der Waals surface area contributed by atoms with Crippen molar-refractivity contribution in [3.05, 3.63) is 28.8 Å². The van der Waals surface area contributed by atoms with Crippen LogP contribution in [0.2, 0.25) is 0 Å². The van der Waals surface area contributed by atoms with Crippen LogP contribution in [0.1, 0.15) is 0 Å². The first-order valence-electron chi connectivity index (χ1n) is 4.52. The number of hydrogen-bond donors (Lipinski definition) is 0. The lowest BCUT2D eigenvalue weighted by molar-refractivity contribution is -0.128. The van der Waals surface area contributed by atoms with Gasteiger partial charge in [-0.1, -0.05) is 23.2 Å². The van der Waals surface area contributed by atoms with E-state index in [2.05, 4.69) is 0 Å². The number of carbonyl (C=O) groups excluding carboxylic acids is 1. The lowest BCUT2D eigenvalue weighted by Crippen LogP contribution is -2.04. The van der Waals surface area contributed by atoms with Gasteiger partial charge in [0.1, 0.15) is 21.7 Å².